The van der Waals surface area contributed by atoms with Crippen LogP contribution in [-0.2, 0) is 0 Å². The Morgan fingerprint density at radius 2 is 1.66 bits per heavy atom. The molecule has 0 aliphatic rings. The van der Waals surface area contributed by atoms with Crippen LogP contribution in [0.25, 0.3) is 59.0 Å². The van der Waals surface area contributed by atoms with Crippen molar-refractivity contribution in [3.63, 3.8) is 0 Å². The molecule has 0 spiro atoms. The van der Waals surface area contributed by atoms with Crippen molar-refractivity contribution in [2.45, 2.75) is 0 Å². The molecule has 4 heterocycles. The summed E-state index contributed by atoms with van der Waals surface area (Å²) in [5.41, 5.74) is 4.59. The molecule has 0 radical (unpaired) electrons. The Balaban J connectivity index is 1.65. The van der Waals surface area contributed by atoms with Gasteiger partial charge in [-0.25, -0.2) is 9.97 Å². The van der Waals surface area contributed by atoms with Gasteiger partial charge in [0.05, 0.1) is 17.1 Å². The zero-order valence-electron chi connectivity index (χ0n) is 15.2. The maximum absolute atomic E-state index is 6.30. The molecular weight excluding hydrogens is 378 g/mol. The third-order valence-electron chi connectivity index (χ3n) is 5.57. The molecule has 0 aliphatic heterocycles. The second-order valence-electron chi connectivity index (χ2n) is 7.15. The molecule has 3 aromatic carbocycles. The van der Waals surface area contributed by atoms with Crippen molar-refractivity contribution in [2.75, 3.05) is 0 Å². The number of para-hydroxylation sites is 1. The molecule has 0 atom stereocenters. The Kier molecular flexibility index (Phi) is 2.85. The maximum atomic E-state index is 6.30. The summed E-state index contributed by atoms with van der Waals surface area (Å²) < 4.78 is 11.0. The van der Waals surface area contributed by atoms with Crippen LogP contribution in [0.5, 0.6) is 0 Å². The first-order valence-electron chi connectivity index (χ1n) is 9.42. The van der Waals surface area contributed by atoms with Crippen LogP contribution in [-0.4, -0.2) is 14.5 Å². The summed E-state index contributed by atoms with van der Waals surface area (Å²) in [5, 5.41) is 4.65. The van der Waals surface area contributed by atoms with E-state index in [1.807, 2.05) is 35.7 Å². The lowest BCUT2D eigenvalue weighted by Crippen LogP contribution is -1.93. The van der Waals surface area contributed by atoms with Gasteiger partial charge >= 0.3 is 0 Å². The van der Waals surface area contributed by atoms with E-state index in [-0.39, 0.29) is 0 Å². The monoisotopic (exact) mass is 391 g/mol. The van der Waals surface area contributed by atoms with E-state index in [4.69, 9.17) is 4.42 Å². The molecule has 4 nitrogen and oxygen atoms in total. The lowest BCUT2D eigenvalue weighted by atomic mass is 10.1. The number of hydrogen-bond acceptors (Lipinski definition) is 4. The van der Waals surface area contributed by atoms with Crippen molar-refractivity contribution in [2.24, 2.45) is 0 Å². The fourth-order valence-electron chi connectivity index (χ4n) is 4.32. The van der Waals surface area contributed by atoms with Crippen molar-refractivity contribution in [3.05, 3.63) is 79.3 Å². The molecule has 0 saturated carbocycles. The van der Waals surface area contributed by atoms with E-state index in [2.05, 4.69) is 63.1 Å². The molecule has 0 aliphatic carbocycles. The van der Waals surface area contributed by atoms with E-state index in [0.29, 0.717) is 0 Å². The van der Waals surface area contributed by atoms with Crippen LogP contribution < -0.4 is 0 Å². The minimum absolute atomic E-state index is 0.806. The molecule has 7 aromatic rings. The van der Waals surface area contributed by atoms with E-state index in [1.165, 1.54) is 20.2 Å². The van der Waals surface area contributed by atoms with Gasteiger partial charge < -0.3 is 4.42 Å². The minimum Gasteiger partial charge on any atom is -0.439 e. The minimum atomic E-state index is 0.806. The highest BCUT2D eigenvalue weighted by Gasteiger charge is 2.20. The van der Waals surface area contributed by atoms with E-state index >= 15 is 0 Å². The smallest absolute Gasteiger partial charge is 0.215 e. The van der Waals surface area contributed by atoms with Gasteiger partial charge in [-0.3, -0.25) is 4.57 Å². The molecule has 0 amide bonds. The van der Waals surface area contributed by atoms with Crippen molar-refractivity contribution >= 4 is 64.6 Å². The van der Waals surface area contributed by atoms with Crippen LogP contribution in [0.15, 0.2) is 83.7 Å². The molecule has 136 valence electrons. The Bertz CT molecular complexity index is 1720. The number of nitrogens with zero attached hydrogens (tertiary/aromatic N) is 3. The van der Waals surface area contributed by atoms with Crippen molar-refractivity contribution < 1.29 is 4.42 Å². The average molecular weight is 391 g/mol. The van der Waals surface area contributed by atoms with E-state index < -0.39 is 0 Å². The van der Waals surface area contributed by atoms with Crippen molar-refractivity contribution in [3.8, 4) is 5.69 Å². The maximum Gasteiger partial charge on any atom is 0.215 e. The van der Waals surface area contributed by atoms with Crippen LogP contribution in [0.3, 0.4) is 0 Å². The van der Waals surface area contributed by atoms with Crippen LogP contribution in [0.1, 0.15) is 0 Å². The van der Waals surface area contributed by atoms with Crippen LogP contribution >= 0.6 is 11.3 Å². The van der Waals surface area contributed by atoms with Gasteiger partial charge in [0.1, 0.15) is 17.4 Å². The normalized spacial score (nSPS) is 12.1. The number of aromatic nitrogens is 3. The van der Waals surface area contributed by atoms with Crippen LogP contribution in [0, 0.1) is 0 Å². The molecule has 0 N–H and O–H groups in total. The molecule has 0 fully saturated rings. The molecular formula is C24H13N3OS. The molecule has 0 bridgehead atoms. The number of furan rings is 1. The van der Waals surface area contributed by atoms with Crippen molar-refractivity contribution in [1.29, 1.82) is 0 Å². The van der Waals surface area contributed by atoms with Gasteiger partial charge in [0.15, 0.2) is 0 Å². The van der Waals surface area contributed by atoms with Gasteiger partial charge in [0, 0.05) is 31.2 Å². The Morgan fingerprint density at radius 3 is 2.62 bits per heavy atom. The van der Waals surface area contributed by atoms with Crippen LogP contribution in [0.2, 0.25) is 0 Å². The molecule has 0 unspecified atom stereocenters. The number of hydrogen-bond donors (Lipinski definition) is 0. The predicted octanol–water partition coefficient (Wildman–Crippen LogP) is 6.69. The standard InChI is InChI=1S/C24H13N3OS/c1-3-7-19-16(6-1)22-23-18(12-25-13-26-23)27(24(22)28-19)14-9-10-21-17(11-14)15-5-2-4-8-20(15)29-21/h1-13H. The fourth-order valence-corrected chi connectivity index (χ4v) is 5.40. The Hall–Kier alpha value is -3.70. The quantitative estimate of drug-likeness (QED) is 0.313. The first kappa shape index (κ1) is 15.2. The van der Waals surface area contributed by atoms with Gasteiger partial charge in [0.2, 0.25) is 5.71 Å². The first-order chi connectivity index (χ1) is 14.4. The zero-order valence-corrected chi connectivity index (χ0v) is 16.0. The number of thiophene rings is 1. The van der Waals surface area contributed by atoms with E-state index in [9.17, 15) is 0 Å². The predicted molar refractivity (Wildman–Crippen MR) is 119 cm³/mol. The first-order valence-corrected chi connectivity index (χ1v) is 10.2. The number of fused-ring (bicyclic) bond motifs is 8. The van der Waals surface area contributed by atoms with Crippen LogP contribution in [0.4, 0.5) is 0 Å². The average Bonchev–Trinajstić information content (AvgIpc) is 3.41. The van der Waals surface area contributed by atoms with E-state index in [1.54, 1.807) is 6.33 Å². The summed E-state index contributed by atoms with van der Waals surface area (Å²) in [7, 11) is 0. The Labute approximate surface area is 168 Å². The van der Waals surface area contributed by atoms with Gasteiger partial charge in [-0.15, -0.1) is 11.3 Å². The van der Waals surface area contributed by atoms with Gasteiger partial charge in [-0.1, -0.05) is 36.4 Å². The third kappa shape index (κ3) is 1.97. The highest BCUT2D eigenvalue weighted by Crippen LogP contribution is 2.39. The zero-order chi connectivity index (χ0) is 18.9. The van der Waals surface area contributed by atoms with Crippen molar-refractivity contribution in [1.82, 2.24) is 14.5 Å². The topological polar surface area (TPSA) is 43.9 Å². The van der Waals surface area contributed by atoms with Gasteiger partial charge in [0.25, 0.3) is 0 Å². The summed E-state index contributed by atoms with van der Waals surface area (Å²) in [6.45, 7) is 0. The SMILES string of the molecule is c1ccc2c(c1)oc1c2c2ncncc2n1-c1ccc2sc3ccccc3c2c1. The Morgan fingerprint density at radius 1 is 0.828 bits per heavy atom. The third-order valence-corrected chi connectivity index (χ3v) is 6.72. The lowest BCUT2D eigenvalue weighted by Gasteiger charge is -2.06. The molecule has 7 rings (SSSR count). The van der Waals surface area contributed by atoms with Gasteiger partial charge in [-0.05, 0) is 30.3 Å². The second-order valence-corrected chi connectivity index (χ2v) is 8.23. The van der Waals surface area contributed by atoms with E-state index in [0.717, 1.165) is 38.8 Å². The molecule has 0 saturated heterocycles. The summed E-state index contributed by atoms with van der Waals surface area (Å²) in [6, 6.07) is 23.3. The number of rotatable bonds is 1. The molecule has 29 heavy (non-hydrogen) atoms. The molecule has 5 heteroatoms. The number of benzene rings is 3. The lowest BCUT2D eigenvalue weighted by molar-refractivity contribution is 0.645. The summed E-state index contributed by atoms with van der Waals surface area (Å²) in [6.07, 6.45) is 3.46. The fraction of sp³-hybridized carbons (Fsp3) is 0. The highest BCUT2D eigenvalue weighted by atomic mass is 32.1. The molecule has 4 aromatic heterocycles. The van der Waals surface area contributed by atoms with Gasteiger partial charge in [-0.2, -0.15) is 0 Å². The summed E-state index contributed by atoms with van der Waals surface area (Å²) in [5.74, 6) is 0. The largest absolute Gasteiger partial charge is 0.439 e. The summed E-state index contributed by atoms with van der Waals surface area (Å²) >= 11 is 1.82. The highest BCUT2D eigenvalue weighted by molar-refractivity contribution is 7.25. The summed E-state index contributed by atoms with van der Waals surface area (Å²) in [4.78, 5) is 8.87. The second kappa shape index (κ2) is 5.43.